The van der Waals surface area contributed by atoms with Gasteiger partial charge in [-0.25, -0.2) is 0 Å². The largest absolute Gasteiger partial charge is 0.389 e. The monoisotopic (exact) mass is 176 g/mol. The standard InChI is InChI=1S/C4H8F3O2P/c5-4(6,7)2-1-3-10(8)9/h10H,1-3H2,(H,8,9). The van der Waals surface area contributed by atoms with Gasteiger partial charge in [-0.2, -0.15) is 13.2 Å². The molecule has 2 nitrogen and oxygen atoms in total. The van der Waals surface area contributed by atoms with Crippen LogP contribution in [-0.4, -0.2) is 17.2 Å². The normalized spacial score (nSPS) is 15.2. The van der Waals surface area contributed by atoms with Crippen molar-refractivity contribution < 1.29 is 22.6 Å². The highest BCUT2D eigenvalue weighted by molar-refractivity contribution is 7.37. The van der Waals surface area contributed by atoms with Crippen molar-refractivity contribution in [2.75, 3.05) is 6.16 Å². The number of alkyl halides is 3. The Morgan fingerprint density at radius 1 is 1.40 bits per heavy atom. The molecule has 6 heteroatoms. The van der Waals surface area contributed by atoms with Crippen LogP contribution in [0.2, 0.25) is 0 Å². The molecule has 0 saturated heterocycles. The first-order valence-corrected chi connectivity index (χ1v) is 4.26. The third-order valence-corrected chi connectivity index (χ3v) is 1.63. The third kappa shape index (κ3) is 7.98. The summed E-state index contributed by atoms with van der Waals surface area (Å²) in [6, 6.07) is 0. The van der Waals surface area contributed by atoms with E-state index in [4.69, 9.17) is 4.89 Å². The lowest BCUT2D eigenvalue weighted by Crippen LogP contribution is -2.06. The molecule has 0 aliphatic rings. The second kappa shape index (κ2) is 3.98. The van der Waals surface area contributed by atoms with Crippen molar-refractivity contribution in [3.8, 4) is 0 Å². The first kappa shape index (κ1) is 9.98. The van der Waals surface area contributed by atoms with Crippen LogP contribution in [0.15, 0.2) is 0 Å². The van der Waals surface area contributed by atoms with Crippen molar-refractivity contribution in [2.45, 2.75) is 19.0 Å². The van der Waals surface area contributed by atoms with Crippen LogP contribution in [0.5, 0.6) is 0 Å². The summed E-state index contributed by atoms with van der Waals surface area (Å²) < 4.78 is 43.9. The van der Waals surface area contributed by atoms with Crippen LogP contribution in [-0.2, 0) is 4.57 Å². The first-order chi connectivity index (χ1) is 4.42. The maximum absolute atomic E-state index is 11.3. The minimum atomic E-state index is -4.20. The highest BCUT2D eigenvalue weighted by Gasteiger charge is 2.26. The number of halogens is 3. The van der Waals surface area contributed by atoms with E-state index in [2.05, 4.69) is 0 Å². The van der Waals surface area contributed by atoms with Crippen LogP contribution in [0.3, 0.4) is 0 Å². The molecule has 0 heterocycles. The van der Waals surface area contributed by atoms with Crippen LogP contribution in [0.25, 0.3) is 0 Å². The lowest BCUT2D eigenvalue weighted by atomic mass is 10.3. The lowest BCUT2D eigenvalue weighted by molar-refractivity contribution is -0.134. The van der Waals surface area contributed by atoms with Crippen molar-refractivity contribution in [1.82, 2.24) is 0 Å². The van der Waals surface area contributed by atoms with Crippen molar-refractivity contribution >= 4 is 8.03 Å². The van der Waals surface area contributed by atoms with Crippen LogP contribution in [0.4, 0.5) is 13.2 Å². The fraction of sp³-hybridized carbons (Fsp3) is 1.00. The van der Waals surface area contributed by atoms with E-state index in [1.807, 2.05) is 0 Å². The van der Waals surface area contributed by atoms with Gasteiger partial charge in [0.25, 0.3) is 0 Å². The third-order valence-electron chi connectivity index (χ3n) is 0.851. The number of hydrogen-bond donors (Lipinski definition) is 1. The quantitative estimate of drug-likeness (QED) is 0.665. The van der Waals surface area contributed by atoms with Gasteiger partial charge in [-0.3, -0.25) is 4.57 Å². The van der Waals surface area contributed by atoms with Crippen LogP contribution < -0.4 is 0 Å². The zero-order chi connectivity index (χ0) is 8.20. The molecule has 0 bridgehead atoms. The van der Waals surface area contributed by atoms with Gasteiger partial charge in [0, 0.05) is 12.6 Å². The molecule has 1 N–H and O–H groups in total. The molecule has 0 aromatic carbocycles. The van der Waals surface area contributed by atoms with Gasteiger partial charge in [0.05, 0.1) is 0 Å². The molecule has 1 unspecified atom stereocenters. The van der Waals surface area contributed by atoms with Gasteiger partial charge in [-0.05, 0) is 6.42 Å². The highest BCUT2D eigenvalue weighted by atomic mass is 31.1. The molecule has 0 aliphatic heterocycles. The van der Waals surface area contributed by atoms with Crippen LogP contribution >= 0.6 is 8.03 Å². The molecular weight excluding hydrogens is 168 g/mol. The van der Waals surface area contributed by atoms with Gasteiger partial charge in [0.15, 0.2) is 8.03 Å². The fourth-order valence-corrected chi connectivity index (χ4v) is 0.919. The van der Waals surface area contributed by atoms with Gasteiger partial charge >= 0.3 is 6.18 Å². The minimum Gasteiger partial charge on any atom is -0.346 e. The molecule has 0 radical (unpaired) electrons. The molecule has 0 aromatic heterocycles. The number of rotatable bonds is 3. The average molecular weight is 176 g/mol. The second-order valence-corrected chi connectivity index (χ2v) is 3.15. The predicted octanol–water partition coefficient (Wildman–Crippen LogP) is 1.80. The summed E-state index contributed by atoms with van der Waals surface area (Å²) in [5.74, 6) is 0. The Morgan fingerprint density at radius 2 is 1.90 bits per heavy atom. The van der Waals surface area contributed by atoms with E-state index in [1.165, 1.54) is 0 Å². The predicted molar refractivity (Wildman–Crippen MR) is 31.4 cm³/mol. The second-order valence-electron chi connectivity index (χ2n) is 1.86. The van der Waals surface area contributed by atoms with E-state index in [1.54, 1.807) is 0 Å². The van der Waals surface area contributed by atoms with E-state index in [0.717, 1.165) is 0 Å². The molecule has 0 amide bonds. The summed E-state index contributed by atoms with van der Waals surface area (Å²) in [6.07, 6.45) is -5.65. The molecule has 0 saturated carbocycles. The molecule has 0 fully saturated rings. The van der Waals surface area contributed by atoms with Crippen molar-refractivity contribution in [2.24, 2.45) is 0 Å². The van der Waals surface area contributed by atoms with Gasteiger partial charge in [0.1, 0.15) is 0 Å². The molecule has 0 aromatic rings. The van der Waals surface area contributed by atoms with Gasteiger partial charge < -0.3 is 4.89 Å². The molecule has 0 aliphatic carbocycles. The van der Waals surface area contributed by atoms with E-state index >= 15 is 0 Å². The zero-order valence-electron chi connectivity index (χ0n) is 5.11. The molecule has 62 valence electrons. The zero-order valence-corrected chi connectivity index (χ0v) is 6.11. The molecule has 0 rings (SSSR count). The average Bonchev–Trinajstić information content (AvgIpc) is 1.59. The van der Waals surface area contributed by atoms with E-state index in [9.17, 15) is 17.7 Å². The minimum absolute atomic E-state index is 0.232. The van der Waals surface area contributed by atoms with Crippen molar-refractivity contribution in [1.29, 1.82) is 0 Å². The Balaban J connectivity index is 3.29. The Kier molecular flexibility index (Phi) is 3.98. The van der Waals surface area contributed by atoms with Gasteiger partial charge in [0.2, 0.25) is 0 Å². The Morgan fingerprint density at radius 3 is 2.20 bits per heavy atom. The first-order valence-electron chi connectivity index (χ1n) is 2.70. The van der Waals surface area contributed by atoms with Crippen molar-refractivity contribution in [3.05, 3.63) is 0 Å². The van der Waals surface area contributed by atoms with Crippen molar-refractivity contribution in [3.63, 3.8) is 0 Å². The number of hydrogen-bond acceptors (Lipinski definition) is 1. The lowest BCUT2D eigenvalue weighted by Gasteiger charge is -2.03. The molecule has 1 atom stereocenters. The van der Waals surface area contributed by atoms with Gasteiger partial charge in [-0.15, -0.1) is 0 Å². The maximum atomic E-state index is 11.3. The summed E-state index contributed by atoms with van der Waals surface area (Å²) in [5, 5.41) is 0. The molecule has 10 heavy (non-hydrogen) atoms. The summed E-state index contributed by atoms with van der Waals surface area (Å²) in [5.41, 5.74) is 0. The van der Waals surface area contributed by atoms with E-state index in [-0.39, 0.29) is 12.6 Å². The fourth-order valence-electron chi connectivity index (χ4n) is 0.440. The Bertz CT molecular complexity index is 122. The highest BCUT2D eigenvalue weighted by Crippen LogP contribution is 2.24. The van der Waals surface area contributed by atoms with Gasteiger partial charge in [-0.1, -0.05) is 0 Å². The smallest absolute Gasteiger partial charge is 0.346 e. The maximum Gasteiger partial charge on any atom is 0.389 e. The summed E-state index contributed by atoms with van der Waals surface area (Å²) in [4.78, 5) is 8.13. The van der Waals surface area contributed by atoms with Crippen LogP contribution in [0.1, 0.15) is 12.8 Å². The molecule has 0 spiro atoms. The SMILES string of the molecule is O=[PH](O)CCCC(F)(F)F. The molecular formula is C4H8F3O2P. The topological polar surface area (TPSA) is 37.3 Å². The van der Waals surface area contributed by atoms with E-state index in [0.29, 0.717) is 0 Å². The van der Waals surface area contributed by atoms with E-state index < -0.39 is 20.6 Å². The van der Waals surface area contributed by atoms with Crippen LogP contribution in [0, 0.1) is 0 Å². The Labute approximate surface area is 56.9 Å². The Hall–Kier alpha value is -0.0200. The summed E-state index contributed by atoms with van der Waals surface area (Å²) in [7, 11) is -2.71. The summed E-state index contributed by atoms with van der Waals surface area (Å²) in [6.45, 7) is 0. The summed E-state index contributed by atoms with van der Waals surface area (Å²) >= 11 is 0.